The van der Waals surface area contributed by atoms with Gasteiger partial charge in [0.2, 0.25) is 0 Å². The molecule has 1 aliphatic heterocycles. The highest BCUT2D eigenvalue weighted by molar-refractivity contribution is 7.13. The summed E-state index contributed by atoms with van der Waals surface area (Å²) in [5.74, 6) is 0.00623. The molecule has 1 aliphatic rings. The molecular weight excluding hydrogens is 384 g/mol. The molecule has 0 spiro atoms. The molecular formula is C22H24N4O2S. The monoisotopic (exact) mass is 408 g/mol. The molecule has 0 aliphatic carbocycles. The first-order valence-corrected chi connectivity index (χ1v) is 10.6. The lowest BCUT2D eigenvalue weighted by atomic mass is 10.0. The van der Waals surface area contributed by atoms with Crippen LogP contribution in [0.15, 0.2) is 59.5 Å². The Morgan fingerprint density at radius 2 is 1.93 bits per heavy atom. The Morgan fingerprint density at radius 3 is 2.59 bits per heavy atom. The molecule has 0 radical (unpaired) electrons. The van der Waals surface area contributed by atoms with Gasteiger partial charge < -0.3 is 10.2 Å². The quantitative estimate of drug-likeness (QED) is 0.705. The van der Waals surface area contributed by atoms with Crippen LogP contribution in [0.2, 0.25) is 0 Å². The van der Waals surface area contributed by atoms with Crippen LogP contribution in [0, 0.1) is 6.92 Å². The second-order valence-electron chi connectivity index (χ2n) is 7.34. The Kier molecular flexibility index (Phi) is 5.76. The number of hydrogen-bond donors (Lipinski definition) is 1. The zero-order chi connectivity index (χ0) is 20.2. The molecule has 0 saturated carbocycles. The molecule has 1 aromatic carbocycles. The summed E-state index contributed by atoms with van der Waals surface area (Å²) in [7, 11) is 0. The Balaban J connectivity index is 1.34. The van der Waals surface area contributed by atoms with Crippen LogP contribution in [0.25, 0.3) is 0 Å². The minimum atomic E-state index is -0.102. The minimum absolute atomic E-state index is 0.00623. The van der Waals surface area contributed by atoms with Crippen molar-refractivity contribution in [3.8, 4) is 0 Å². The van der Waals surface area contributed by atoms with Crippen molar-refractivity contribution in [1.29, 1.82) is 0 Å². The molecule has 1 fully saturated rings. The van der Waals surface area contributed by atoms with Gasteiger partial charge in [0, 0.05) is 30.1 Å². The zero-order valence-electron chi connectivity index (χ0n) is 16.4. The van der Waals surface area contributed by atoms with Gasteiger partial charge in [0.05, 0.1) is 23.3 Å². The number of nitrogens with one attached hydrogen (secondary N) is 1. The van der Waals surface area contributed by atoms with Crippen molar-refractivity contribution in [1.82, 2.24) is 15.1 Å². The molecule has 7 heteroatoms. The smallest absolute Gasteiger partial charge is 0.269 e. The maximum absolute atomic E-state index is 12.5. The second-order valence-corrected chi connectivity index (χ2v) is 8.63. The zero-order valence-corrected chi connectivity index (χ0v) is 17.2. The van der Waals surface area contributed by atoms with Crippen LogP contribution < -0.4 is 15.8 Å². The Bertz CT molecular complexity index is 1040. The fourth-order valence-corrected chi connectivity index (χ4v) is 4.34. The van der Waals surface area contributed by atoms with Crippen LogP contribution >= 0.6 is 11.3 Å². The Hall–Kier alpha value is -2.93. The van der Waals surface area contributed by atoms with Gasteiger partial charge in [-0.05, 0) is 37.5 Å². The summed E-state index contributed by atoms with van der Waals surface area (Å²) < 4.78 is 1.48. The van der Waals surface area contributed by atoms with Crippen LogP contribution in [0.3, 0.4) is 0 Å². The van der Waals surface area contributed by atoms with Crippen molar-refractivity contribution in [2.75, 3.05) is 18.0 Å². The summed E-state index contributed by atoms with van der Waals surface area (Å²) in [5.41, 5.74) is 1.79. The number of piperidine rings is 1. The molecule has 0 atom stereocenters. The fraction of sp³-hybridized carbons (Fsp3) is 0.318. The van der Waals surface area contributed by atoms with Crippen LogP contribution in [0.1, 0.15) is 33.0 Å². The highest BCUT2D eigenvalue weighted by Gasteiger charge is 2.22. The standard InChI is InChI=1S/C22H24N4O2S/c1-16-7-8-20(29-16)22(28)24-18-9-11-25(12-10-18)19-13-21(27)26(23-14-19)15-17-5-3-2-4-6-17/h2-8,13-14,18H,9-12,15H2,1H3,(H,24,28). The van der Waals surface area contributed by atoms with E-state index in [1.807, 2.05) is 49.4 Å². The van der Waals surface area contributed by atoms with Gasteiger partial charge in [-0.2, -0.15) is 5.10 Å². The third-order valence-corrected chi connectivity index (χ3v) is 6.19. The maximum atomic E-state index is 12.5. The molecule has 150 valence electrons. The van der Waals surface area contributed by atoms with Gasteiger partial charge in [0.25, 0.3) is 11.5 Å². The lowest BCUT2D eigenvalue weighted by Gasteiger charge is -2.33. The average Bonchev–Trinajstić information content (AvgIpc) is 3.17. The van der Waals surface area contributed by atoms with E-state index in [-0.39, 0.29) is 17.5 Å². The predicted molar refractivity (Wildman–Crippen MR) is 116 cm³/mol. The van der Waals surface area contributed by atoms with Crippen LogP contribution in [0.4, 0.5) is 5.69 Å². The van der Waals surface area contributed by atoms with Crippen molar-refractivity contribution in [3.05, 3.63) is 80.4 Å². The molecule has 3 aromatic rings. The van der Waals surface area contributed by atoms with Crippen LogP contribution in [-0.2, 0) is 6.54 Å². The van der Waals surface area contributed by atoms with E-state index in [1.165, 1.54) is 16.0 Å². The van der Waals surface area contributed by atoms with E-state index in [4.69, 9.17) is 0 Å². The lowest BCUT2D eigenvalue weighted by molar-refractivity contribution is 0.0935. The van der Waals surface area contributed by atoms with Gasteiger partial charge in [-0.15, -0.1) is 11.3 Å². The summed E-state index contributed by atoms with van der Waals surface area (Å²) in [6.45, 7) is 4.05. The Labute approximate surface area is 173 Å². The van der Waals surface area contributed by atoms with E-state index in [0.717, 1.165) is 46.9 Å². The van der Waals surface area contributed by atoms with Crippen molar-refractivity contribution in [2.24, 2.45) is 0 Å². The first-order chi connectivity index (χ1) is 14.1. The first kappa shape index (κ1) is 19.4. The van der Waals surface area contributed by atoms with E-state index in [0.29, 0.717) is 6.54 Å². The average molecular weight is 409 g/mol. The SMILES string of the molecule is Cc1ccc(C(=O)NC2CCN(c3cnn(Cc4ccccc4)c(=O)c3)CC2)s1. The molecule has 1 saturated heterocycles. The number of rotatable bonds is 5. The van der Waals surface area contributed by atoms with Gasteiger partial charge in [-0.25, -0.2) is 4.68 Å². The molecule has 3 heterocycles. The van der Waals surface area contributed by atoms with Gasteiger partial charge in [-0.1, -0.05) is 30.3 Å². The number of carbonyl (C=O) groups is 1. The van der Waals surface area contributed by atoms with Crippen molar-refractivity contribution in [3.63, 3.8) is 0 Å². The van der Waals surface area contributed by atoms with E-state index >= 15 is 0 Å². The molecule has 1 N–H and O–H groups in total. The van der Waals surface area contributed by atoms with Crippen molar-refractivity contribution < 1.29 is 4.79 Å². The number of anilines is 1. The topological polar surface area (TPSA) is 67.2 Å². The maximum Gasteiger partial charge on any atom is 0.269 e. The number of amides is 1. The third-order valence-electron chi connectivity index (χ3n) is 5.19. The van der Waals surface area contributed by atoms with E-state index < -0.39 is 0 Å². The molecule has 29 heavy (non-hydrogen) atoms. The van der Waals surface area contributed by atoms with Gasteiger partial charge in [0.1, 0.15) is 0 Å². The number of carbonyl (C=O) groups excluding carboxylic acids is 1. The molecule has 1 amide bonds. The van der Waals surface area contributed by atoms with Gasteiger partial charge in [0.15, 0.2) is 0 Å². The summed E-state index contributed by atoms with van der Waals surface area (Å²) in [5, 5.41) is 7.48. The van der Waals surface area contributed by atoms with E-state index in [1.54, 1.807) is 12.3 Å². The molecule has 4 rings (SSSR count). The fourth-order valence-electron chi connectivity index (χ4n) is 3.57. The highest BCUT2D eigenvalue weighted by atomic mass is 32.1. The number of benzene rings is 1. The molecule has 6 nitrogen and oxygen atoms in total. The molecule has 0 bridgehead atoms. The highest BCUT2D eigenvalue weighted by Crippen LogP contribution is 2.19. The van der Waals surface area contributed by atoms with Gasteiger partial charge in [-0.3, -0.25) is 9.59 Å². The normalized spacial score (nSPS) is 14.7. The van der Waals surface area contributed by atoms with E-state index in [9.17, 15) is 9.59 Å². The number of aryl methyl sites for hydroxylation is 1. The van der Waals surface area contributed by atoms with E-state index in [2.05, 4.69) is 15.3 Å². The van der Waals surface area contributed by atoms with Crippen LogP contribution in [0.5, 0.6) is 0 Å². The summed E-state index contributed by atoms with van der Waals surface area (Å²) in [6, 6.07) is 15.5. The van der Waals surface area contributed by atoms with Crippen molar-refractivity contribution in [2.45, 2.75) is 32.4 Å². The number of thiophene rings is 1. The number of aromatic nitrogens is 2. The number of hydrogen-bond acceptors (Lipinski definition) is 5. The Morgan fingerprint density at radius 1 is 1.17 bits per heavy atom. The summed E-state index contributed by atoms with van der Waals surface area (Å²) >= 11 is 1.52. The lowest BCUT2D eigenvalue weighted by Crippen LogP contribution is -2.45. The summed E-state index contributed by atoms with van der Waals surface area (Å²) in [4.78, 5) is 28.9. The molecule has 2 aromatic heterocycles. The van der Waals surface area contributed by atoms with Crippen LogP contribution in [-0.4, -0.2) is 34.8 Å². The predicted octanol–water partition coefficient (Wildman–Crippen LogP) is 3.06. The minimum Gasteiger partial charge on any atom is -0.370 e. The third kappa shape index (κ3) is 4.74. The summed E-state index contributed by atoms with van der Waals surface area (Å²) in [6.07, 6.45) is 3.46. The second kappa shape index (κ2) is 8.61. The molecule has 0 unspecified atom stereocenters. The number of nitrogens with zero attached hydrogens (tertiary/aromatic N) is 3. The largest absolute Gasteiger partial charge is 0.370 e. The van der Waals surface area contributed by atoms with Crippen molar-refractivity contribution >= 4 is 22.9 Å². The first-order valence-electron chi connectivity index (χ1n) is 9.82. The van der Waals surface area contributed by atoms with Gasteiger partial charge >= 0.3 is 0 Å².